The maximum absolute atomic E-state index is 13.2. The highest BCUT2D eigenvalue weighted by Gasteiger charge is 2.34. The first-order valence-corrected chi connectivity index (χ1v) is 12.8. The minimum absolute atomic E-state index is 0.00901. The van der Waals surface area contributed by atoms with Crippen molar-refractivity contribution in [1.82, 2.24) is 9.21 Å². The zero-order valence-corrected chi connectivity index (χ0v) is 19.8. The van der Waals surface area contributed by atoms with Crippen molar-refractivity contribution in [3.63, 3.8) is 0 Å². The molecule has 0 aromatic heterocycles. The number of amides is 1. The van der Waals surface area contributed by atoms with E-state index in [-0.39, 0.29) is 23.6 Å². The number of aryl methyl sites for hydroxylation is 2. The topological polar surface area (TPSA) is 101 Å². The molecule has 1 fully saturated rings. The van der Waals surface area contributed by atoms with Crippen LogP contribution in [0, 0.1) is 16.0 Å². The zero-order valence-electron chi connectivity index (χ0n) is 18.9. The molecule has 1 saturated heterocycles. The number of piperidine rings is 1. The van der Waals surface area contributed by atoms with Crippen molar-refractivity contribution in [3.8, 4) is 0 Å². The van der Waals surface area contributed by atoms with E-state index >= 15 is 0 Å². The second-order valence-corrected chi connectivity index (χ2v) is 10.9. The van der Waals surface area contributed by atoms with Gasteiger partial charge in [-0.1, -0.05) is 18.2 Å². The number of nitrogens with zero attached hydrogens (tertiary/aromatic N) is 3. The normalized spacial score (nSPS) is 18.0. The standard InChI is InChI=1S/C24H29N3O5S/c1-17(20-6-4-8-22(15-20)27(29)30)25(2)24(28)19-11-13-26(14-12-19)33(31,32)23-10-9-18-5-3-7-21(18)16-23/h4,6,8-10,15-17,19H,3,5,7,11-14H2,1-2H3. The summed E-state index contributed by atoms with van der Waals surface area (Å²) in [6.07, 6.45) is 3.90. The van der Waals surface area contributed by atoms with Gasteiger partial charge in [0, 0.05) is 38.2 Å². The van der Waals surface area contributed by atoms with Crippen LogP contribution in [0.25, 0.3) is 0 Å². The van der Waals surface area contributed by atoms with Gasteiger partial charge in [-0.15, -0.1) is 0 Å². The van der Waals surface area contributed by atoms with Crippen molar-refractivity contribution in [2.24, 2.45) is 5.92 Å². The lowest BCUT2D eigenvalue weighted by Gasteiger charge is -2.34. The number of benzene rings is 2. The molecule has 1 atom stereocenters. The Morgan fingerprint density at radius 1 is 1.12 bits per heavy atom. The SMILES string of the molecule is CC(c1cccc([N+](=O)[O-])c1)N(C)C(=O)C1CCN(S(=O)(=O)c2ccc3c(c2)CCC3)CC1. The van der Waals surface area contributed by atoms with Gasteiger partial charge in [-0.3, -0.25) is 14.9 Å². The molecule has 2 aromatic rings. The highest BCUT2D eigenvalue weighted by atomic mass is 32.2. The van der Waals surface area contributed by atoms with Crippen LogP contribution in [0.4, 0.5) is 5.69 Å². The molecule has 1 heterocycles. The van der Waals surface area contributed by atoms with E-state index in [4.69, 9.17) is 0 Å². The van der Waals surface area contributed by atoms with Gasteiger partial charge in [0.05, 0.1) is 15.9 Å². The number of fused-ring (bicyclic) bond motifs is 1. The number of hydrogen-bond acceptors (Lipinski definition) is 5. The molecule has 176 valence electrons. The van der Waals surface area contributed by atoms with Gasteiger partial charge in [0.15, 0.2) is 0 Å². The molecule has 8 nitrogen and oxygen atoms in total. The molecule has 0 radical (unpaired) electrons. The zero-order chi connectivity index (χ0) is 23.8. The van der Waals surface area contributed by atoms with Gasteiger partial charge in [0.2, 0.25) is 15.9 Å². The third-order valence-corrected chi connectivity index (χ3v) is 8.90. The molecule has 9 heteroatoms. The van der Waals surface area contributed by atoms with Crippen molar-refractivity contribution in [1.29, 1.82) is 0 Å². The molecule has 0 saturated carbocycles. The average Bonchev–Trinajstić information content (AvgIpc) is 3.31. The van der Waals surface area contributed by atoms with Gasteiger partial charge >= 0.3 is 0 Å². The second kappa shape index (κ2) is 9.23. The lowest BCUT2D eigenvalue weighted by molar-refractivity contribution is -0.384. The van der Waals surface area contributed by atoms with E-state index < -0.39 is 14.9 Å². The predicted molar refractivity (Wildman–Crippen MR) is 124 cm³/mol. The first-order chi connectivity index (χ1) is 15.7. The highest BCUT2D eigenvalue weighted by molar-refractivity contribution is 7.89. The van der Waals surface area contributed by atoms with Crippen LogP contribution in [-0.4, -0.2) is 48.6 Å². The summed E-state index contributed by atoms with van der Waals surface area (Å²) in [6.45, 7) is 2.44. The molecule has 0 spiro atoms. The van der Waals surface area contributed by atoms with Gasteiger partial charge < -0.3 is 4.90 Å². The number of non-ortho nitro benzene ring substituents is 1. The Bertz CT molecular complexity index is 1170. The maximum Gasteiger partial charge on any atom is 0.269 e. The Balaban J connectivity index is 1.40. The number of carbonyl (C=O) groups is 1. The Kier molecular flexibility index (Phi) is 6.54. The van der Waals surface area contributed by atoms with Crippen LogP contribution in [0.5, 0.6) is 0 Å². The summed E-state index contributed by atoms with van der Waals surface area (Å²) in [4.78, 5) is 25.7. The van der Waals surface area contributed by atoms with Gasteiger partial charge in [-0.25, -0.2) is 8.42 Å². The van der Waals surface area contributed by atoms with Crippen LogP contribution in [0.1, 0.15) is 48.9 Å². The molecule has 1 unspecified atom stereocenters. The molecule has 1 amide bonds. The van der Waals surface area contributed by atoms with Gasteiger partial charge in [0.1, 0.15) is 0 Å². The summed E-state index contributed by atoms with van der Waals surface area (Å²) in [5.41, 5.74) is 3.04. The molecular weight excluding hydrogens is 442 g/mol. The smallest absolute Gasteiger partial charge is 0.269 e. The molecule has 2 aromatic carbocycles. The molecule has 33 heavy (non-hydrogen) atoms. The van der Waals surface area contributed by atoms with E-state index in [0.29, 0.717) is 36.4 Å². The molecular formula is C24H29N3O5S. The number of nitro benzene ring substituents is 1. The average molecular weight is 472 g/mol. The minimum Gasteiger partial charge on any atom is -0.339 e. The molecule has 0 bridgehead atoms. The summed E-state index contributed by atoms with van der Waals surface area (Å²) in [5.74, 6) is -0.341. The fourth-order valence-electron chi connectivity index (χ4n) is 4.80. The van der Waals surface area contributed by atoms with Gasteiger partial charge in [-0.2, -0.15) is 4.31 Å². The molecule has 4 rings (SSSR count). The highest BCUT2D eigenvalue weighted by Crippen LogP contribution is 2.30. The Hall–Kier alpha value is -2.78. The van der Waals surface area contributed by atoms with Crippen LogP contribution in [0.15, 0.2) is 47.4 Å². The third kappa shape index (κ3) is 4.65. The number of nitro groups is 1. The predicted octanol–water partition coefficient (Wildman–Crippen LogP) is 3.70. The van der Waals surface area contributed by atoms with E-state index in [1.54, 1.807) is 30.1 Å². The van der Waals surface area contributed by atoms with E-state index in [9.17, 15) is 23.3 Å². The first-order valence-electron chi connectivity index (χ1n) is 11.3. The third-order valence-electron chi connectivity index (χ3n) is 7.00. The lowest BCUT2D eigenvalue weighted by Crippen LogP contribution is -2.44. The number of carbonyl (C=O) groups excluding carboxylic acids is 1. The van der Waals surface area contributed by atoms with Crippen LogP contribution >= 0.6 is 0 Å². The lowest BCUT2D eigenvalue weighted by atomic mass is 9.95. The molecule has 2 aliphatic rings. The van der Waals surface area contributed by atoms with Crippen LogP contribution in [-0.2, 0) is 27.7 Å². The van der Waals surface area contributed by atoms with Crippen LogP contribution < -0.4 is 0 Å². The Labute approximate surface area is 194 Å². The largest absolute Gasteiger partial charge is 0.339 e. The fourth-order valence-corrected chi connectivity index (χ4v) is 6.32. The Morgan fingerprint density at radius 2 is 1.82 bits per heavy atom. The summed E-state index contributed by atoms with van der Waals surface area (Å²) < 4.78 is 27.8. The number of hydrogen-bond donors (Lipinski definition) is 0. The quantitative estimate of drug-likeness (QED) is 0.472. The minimum atomic E-state index is -3.58. The van der Waals surface area contributed by atoms with E-state index in [0.717, 1.165) is 24.8 Å². The molecule has 0 N–H and O–H groups in total. The number of rotatable bonds is 6. The van der Waals surface area contributed by atoms with Crippen molar-refractivity contribution >= 4 is 21.6 Å². The summed E-state index contributed by atoms with van der Waals surface area (Å²) in [5, 5.41) is 11.1. The maximum atomic E-state index is 13.2. The van der Waals surface area contributed by atoms with Crippen LogP contribution in [0.2, 0.25) is 0 Å². The van der Waals surface area contributed by atoms with Crippen molar-refractivity contribution in [2.45, 2.75) is 50.0 Å². The number of sulfonamides is 1. The monoisotopic (exact) mass is 471 g/mol. The fraction of sp³-hybridized carbons (Fsp3) is 0.458. The molecule has 1 aliphatic heterocycles. The van der Waals surface area contributed by atoms with E-state index in [1.165, 1.54) is 22.0 Å². The van der Waals surface area contributed by atoms with Gasteiger partial charge in [-0.05, 0) is 67.9 Å². The Morgan fingerprint density at radius 3 is 2.52 bits per heavy atom. The van der Waals surface area contributed by atoms with E-state index in [2.05, 4.69) is 0 Å². The summed E-state index contributed by atoms with van der Waals surface area (Å²) in [6, 6.07) is 11.4. The summed E-state index contributed by atoms with van der Waals surface area (Å²) in [7, 11) is -1.89. The van der Waals surface area contributed by atoms with Crippen molar-refractivity contribution < 1.29 is 18.1 Å². The van der Waals surface area contributed by atoms with Crippen molar-refractivity contribution in [3.05, 3.63) is 69.3 Å². The second-order valence-electron chi connectivity index (χ2n) is 8.94. The van der Waals surface area contributed by atoms with E-state index in [1.807, 2.05) is 19.1 Å². The molecule has 1 aliphatic carbocycles. The van der Waals surface area contributed by atoms with Gasteiger partial charge in [0.25, 0.3) is 5.69 Å². The first kappa shape index (κ1) is 23.4. The summed E-state index contributed by atoms with van der Waals surface area (Å²) >= 11 is 0. The van der Waals surface area contributed by atoms with Crippen molar-refractivity contribution in [2.75, 3.05) is 20.1 Å². The van der Waals surface area contributed by atoms with Crippen LogP contribution in [0.3, 0.4) is 0 Å².